The van der Waals surface area contributed by atoms with Gasteiger partial charge in [0, 0.05) is 11.6 Å². The number of carbonyl (C=O) groups excluding carboxylic acids is 1. The van der Waals surface area contributed by atoms with Crippen LogP contribution in [0, 0.1) is 17.3 Å². The summed E-state index contributed by atoms with van der Waals surface area (Å²) in [7, 11) is 0. The Morgan fingerprint density at radius 3 is 2.43 bits per heavy atom. The van der Waals surface area contributed by atoms with Gasteiger partial charge < -0.3 is 20.3 Å². The molecule has 1 spiro atoms. The largest absolute Gasteiger partial charge is 0.481 e. The van der Waals surface area contributed by atoms with Gasteiger partial charge in [0.05, 0.1) is 17.9 Å². The molecule has 1 aliphatic carbocycles. The molecule has 1 aromatic heterocycles. The first-order valence-corrected chi connectivity index (χ1v) is 9.45. The van der Waals surface area contributed by atoms with Crippen molar-refractivity contribution >= 4 is 17.8 Å². The number of carboxylic acids is 1. The number of esters is 1. The third-order valence-corrected chi connectivity index (χ3v) is 4.85. The second kappa shape index (κ2) is 8.72. The van der Waals surface area contributed by atoms with Gasteiger partial charge in [-0.2, -0.15) is 4.98 Å². The summed E-state index contributed by atoms with van der Waals surface area (Å²) < 4.78 is 12.7. The van der Waals surface area contributed by atoms with Crippen molar-refractivity contribution < 1.29 is 24.2 Å². The van der Waals surface area contributed by atoms with Gasteiger partial charge in [-0.1, -0.05) is 27.7 Å². The van der Waals surface area contributed by atoms with Crippen LogP contribution in [0.3, 0.4) is 0 Å². The highest BCUT2D eigenvalue weighted by Gasteiger charge is 2.58. The third kappa shape index (κ3) is 5.31. The van der Waals surface area contributed by atoms with Crippen molar-refractivity contribution in [3.05, 3.63) is 22.7 Å². The van der Waals surface area contributed by atoms with Gasteiger partial charge in [0.25, 0.3) is 0 Å². The molecular weight excluding hydrogens is 366 g/mol. The van der Waals surface area contributed by atoms with E-state index in [1.807, 2.05) is 0 Å². The number of aliphatic carboxylic acids is 1. The number of carboxylic acid groups (broad SMARTS) is 1. The zero-order valence-corrected chi connectivity index (χ0v) is 16.8. The maximum Gasteiger partial charge on any atom is 0.351 e. The first-order chi connectivity index (χ1) is 13.1. The average molecular weight is 395 g/mol. The van der Waals surface area contributed by atoms with Gasteiger partial charge in [-0.25, -0.2) is 4.79 Å². The topological polar surface area (TPSA) is 134 Å². The molecule has 1 aromatic rings. The van der Waals surface area contributed by atoms with E-state index in [0.29, 0.717) is 0 Å². The lowest BCUT2D eigenvalue weighted by molar-refractivity contribution is -0.152. The number of aromatic nitrogens is 2. The van der Waals surface area contributed by atoms with Gasteiger partial charge in [-0.05, 0) is 25.3 Å². The number of hydrogen-bond acceptors (Lipinski definition) is 7. The van der Waals surface area contributed by atoms with Gasteiger partial charge in [-0.3, -0.25) is 14.2 Å². The predicted octanol–water partition coefficient (Wildman–Crippen LogP) is 1.82. The molecule has 0 unspecified atom stereocenters. The third-order valence-electron chi connectivity index (χ3n) is 4.85. The number of hydrogen-bond donors (Lipinski definition) is 2. The van der Waals surface area contributed by atoms with E-state index >= 15 is 0 Å². The normalized spacial score (nSPS) is 22.1. The van der Waals surface area contributed by atoms with Crippen LogP contribution < -0.4 is 11.4 Å². The molecule has 0 amide bonds. The van der Waals surface area contributed by atoms with Crippen molar-refractivity contribution in [3.63, 3.8) is 0 Å². The Balaban J connectivity index is 0.000000409. The lowest BCUT2D eigenvalue weighted by Gasteiger charge is -2.19. The fourth-order valence-electron chi connectivity index (χ4n) is 2.95. The van der Waals surface area contributed by atoms with Crippen LogP contribution in [0.4, 0.5) is 5.82 Å². The average Bonchev–Trinajstić information content (AvgIpc) is 3.28. The quantitative estimate of drug-likeness (QED) is 0.721. The van der Waals surface area contributed by atoms with E-state index in [4.69, 9.17) is 20.3 Å². The van der Waals surface area contributed by atoms with Crippen LogP contribution in [-0.2, 0) is 19.1 Å². The molecular formula is C19H29N3O6. The van der Waals surface area contributed by atoms with Crippen molar-refractivity contribution in [1.29, 1.82) is 0 Å². The monoisotopic (exact) mass is 395 g/mol. The molecule has 1 saturated carbocycles. The van der Waals surface area contributed by atoms with Crippen LogP contribution >= 0.6 is 0 Å². The van der Waals surface area contributed by atoms with Crippen LogP contribution in [0.15, 0.2) is 17.1 Å². The molecule has 9 nitrogen and oxygen atoms in total. The first-order valence-electron chi connectivity index (χ1n) is 9.45. The van der Waals surface area contributed by atoms with Gasteiger partial charge in [0.15, 0.2) is 0 Å². The van der Waals surface area contributed by atoms with Gasteiger partial charge >= 0.3 is 17.6 Å². The van der Waals surface area contributed by atoms with Gasteiger partial charge in [-0.15, -0.1) is 0 Å². The molecule has 0 bridgehead atoms. The fraction of sp³-hybridized carbons (Fsp3) is 0.684. The Bertz CT molecular complexity index is 769. The highest BCUT2D eigenvalue weighted by Crippen LogP contribution is 2.62. The van der Waals surface area contributed by atoms with E-state index in [1.165, 1.54) is 4.57 Å². The number of nitrogens with zero attached hydrogens (tertiary/aromatic N) is 2. The highest BCUT2D eigenvalue weighted by atomic mass is 16.6. The Hall–Kier alpha value is -2.42. The van der Waals surface area contributed by atoms with Crippen LogP contribution in [-0.4, -0.2) is 39.3 Å². The first kappa shape index (κ1) is 21.9. The smallest absolute Gasteiger partial charge is 0.351 e. The molecule has 0 aromatic carbocycles. The molecule has 2 aliphatic rings. The molecule has 9 heteroatoms. The number of anilines is 1. The Labute approximate surface area is 163 Å². The number of carbonyl (C=O) groups is 2. The van der Waals surface area contributed by atoms with Crippen molar-refractivity contribution in [3.8, 4) is 0 Å². The zero-order valence-electron chi connectivity index (χ0n) is 16.8. The maximum absolute atomic E-state index is 12.0. The van der Waals surface area contributed by atoms with E-state index in [2.05, 4.69) is 4.98 Å². The Morgan fingerprint density at radius 1 is 1.36 bits per heavy atom. The van der Waals surface area contributed by atoms with E-state index in [9.17, 15) is 14.4 Å². The lowest BCUT2D eigenvalue weighted by Crippen LogP contribution is -2.31. The van der Waals surface area contributed by atoms with Crippen LogP contribution in [0.5, 0.6) is 0 Å². The molecule has 2 heterocycles. The van der Waals surface area contributed by atoms with E-state index in [1.54, 1.807) is 40.0 Å². The fourth-order valence-corrected chi connectivity index (χ4v) is 2.95. The summed E-state index contributed by atoms with van der Waals surface area (Å²) in [5.74, 6) is -1.16. The summed E-state index contributed by atoms with van der Waals surface area (Å²) in [5, 5.41) is 7.99. The second-order valence-electron chi connectivity index (χ2n) is 8.00. The molecule has 1 saturated heterocycles. The summed E-state index contributed by atoms with van der Waals surface area (Å²) in [6, 6.07) is 1.59. The molecule has 0 radical (unpaired) electrons. The molecule has 28 heavy (non-hydrogen) atoms. The summed E-state index contributed by atoms with van der Waals surface area (Å²) in [4.78, 5) is 37.0. The molecule has 3 rings (SSSR count). The van der Waals surface area contributed by atoms with E-state index < -0.39 is 11.7 Å². The van der Waals surface area contributed by atoms with E-state index in [0.717, 1.165) is 19.3 Å². The molecule has 3 N–H and O–H groups in total. The van der Waals surface area contributed by atoms with Gasteiger partial charge in [0.1, 0.15) is 18.7 Å². The summed E-state index contributed by atoms with van der Waals surface area (Å²) >= 11 is 0. The second-order valence-corrected chi connectivity index (χ2v) is 8.00. The minimum absolute atomic E-state index is 0.0312. The van der Waals surface area contributed by atoms with Gasteiger partial charge in [0.2, 0.25) is 0 Å². The molecule has 156 valence electrons. The number of nitrogen functional groups attached to an aromatic ring is 1. The summed E-state index contributed by atoms with van der Waals surface area (Å²) in [6.45, 7) is 7.10. The number of rotatable bonds is 5. The summed E-state index contributed by atoms with van der Waals surface area (Å²) in [5.41, 5.74) is 5.09. The SMILES string of the molecule is CC(C)C(=O)O.CC(C)C(=O)OC[C@@H]1CC2(CC2)[C@H](n2ccc(N)nc2=O)O1. The molecule has 2 atom stereocenters. The minimum atomic E-state index is -0.741. The minimum Gasteiger partial charge on any atom is -0.481 e. The summed E-state index contributed by atoms with van der Waals surface area (Å²) in [6.07, 6.45) is 3.89. The Kier molecular flexibility index (Phi) is 6.82. The molecule has 2 fully saturated rings. The number of nitrogens with two attached hydrogens (primary N) is 1. The standard InChI is InChI=1S/C15H21N3O4.C4H8O2/c1-9(2)12(19)21-8-10-7-15(4-5-15)13(22-10)18-6-3-11(16)17-14(18)20;1-3(2)4(5)6/h3,6,9-10,13H,4-5,7-8H2,1-2H3,(H2,16,17,20);3H,1-2H3,(H,5,6)/t10-,13+;/m0./s1. The van der Waals surface area contributed by atoms with Crippen LogP contribution in [0.25, 0.3) is 0 Å². The lowest BCUT2D eigenvalue weighted by atomic mass is 10.0. The molecule has 1 aliphatic heterocycles. The van der Waals surface area contributed by atoms with Crippen LogP contribution in [0.2, 0.25) is 0 Å². The van der Waals surface area contributed by atoms with Crippen molar-refractivity contribution in [1.82, 2.24) is 9.55 Å². The predicted molar refractivity (Wildman–Crippen MR) is 101 cm³/mol. The highest BCUT2D eigenvalue weighted by molar-refractivity contribution is 5.71. The van der Waals surface area contributed by atoms with Crippen molar-refractivity contribution in [2.24, 2.45) is 17.3 Å². The van der Waals surface area contributed by atoms with Crippen molar-refractivity contribution in [2.75, 3.05) is 12.3 Å². The number of ether oxygens (including phenoxy) is 2. The maximum atomic E-state index is 12.0. The van der Waals surface area contributed by atoms with Crippen LogP contribution in [0.1, 0.15) is 53.2 Å². The zero-order chi connectivity index (χ0) is 21.1. The van der Waals surface area contributed by atoms with Crippen molar-refractivity contribution in [2.45, 2.75) is 59.3 Å². The Morgan fingerprint density at radius 2 is 1.96 bits per heavy atom. The van der Waals surface area contributed by atoms with E-state index in [-0.39, 0.29) is 48.0 Å².